The van der Waals surface area contributed by atoms with E-state index in [1.807, 2.05) is 20.8 Å². The summed E-state index contributed by atoms with van der Waals surface area (Å²) in [5.74, 6) is 3.20. The average molecular weight is 395 g/mol. The summed E-state index contributed by atoms with van der Waals surface area (Å²) in [4.78, 5) is 16.0. The van der Waals surface area contributed by atoms with E-state index in [1.54, 1.807) is 12.1 Å². The molecule has 1 aromatic heterocycles. The minimum atomic E-state index is -0.493. The number of nitrogens with zero attached hydrogens (tertiary/aromatic N) is 1. The molecule has 96 valence electrons. The topological polar surface area (TPSA) is 42.0 Å². The molecule has 0 radical (unpaired) electrons. The van der Waals surface area contributed by atoms with Crippen LogP contribution in [0.15, 0.2) is 12.1 Å². The van der Waals surface area contributed by atoms with Crippen LogP contribution >= 0.6 is 41.7 Å². The highest BCUT2D eigenvalue weighted by atomic mass is 127. The third-order valence-electron chi connectivity index (χ3n) is 2.00. The summed E-state index contributed by atoms with van der Waals surface area (Å²) in [5.41, 5.74) is 0.161. The van der Waals surface area contributed by atoms with E-state index in [0.717, 1.165) is 0 Å². The molecule has 1 amide bonds. The van der Waals surface area contributed by atoms with Crippen LogP contribution in [0.3, 0.4) is 0 Å². The maximum Gasteiger partial charge on any atom is 0.230 e. The van der Waals surface area contributed by atoms with Gasteiger partial charge in [-0.3, -0.25) is 4.79 Å². The van der Waals surface area contributed by atoms with E-state index in [0.29, 0.717) is 16.5 Å². The van der Waals surface area contributed by atoms with E-state index in [1.165, 1.54) is 8.93 Å². The molecule has 1 aromatic rings. The van der Waals surface area contributed by atoms with Gasteiger partial charge in [0.05, 0.1) is 5.56 Å². The van der Waals surface area contributed by atoms with Crippen LogP contribution in [-0.2, 0) is 4.79 Å². The number of halogens is 2. The first-order valence-corrected chi connectivity index (χ1v) is 8.85. The van der Waals surface area contributed by atoms with Gasteiger partial charge in [0.2, 0.25) is 5.91 Å². The van der Waals surface area contributed by atoms with Crippen molar-refractivity contribution in [1.29, 1.82) is 0 Å². The summed E-state index contributed by atoms with van der Waals surface area (Å²) in [5, 5.41) is 5.93. The molecule has 0 saturated carbocycles. The van der Waals surface area contributed by atoms with Crippen molar-refractivity contribution in [3.05, 3.63) is 22.8 Å². The lowest BCUT2D eigenvalue weighted by atomic mass is 9.95. The van der Waals surface area contributed by atoms with E-state index in [-0.39, 0.29) is 5.91 Å². The van der Waals surface area contributed by atoms with Crippen LogP contribution in [-0.4, -0.2) is 10.9 Å². The van der Waals surface area contributed by atoms with E-state index in [4.69, 9.17) is 11.6 Å². The van der Waals surface area contributed by atoms with E-state index in [2.05, 4.69) is 42.7 Å². The van der Waals surface area contributed by atoms with Gasteiger partial charge in [-0.25, -0.2) is 4.98 Å². The molecule has 0 atom stereocenters. The van der Waals surface area contributed by atoms with Crippen molar-refractivity contribution in [2.45, 2.75) is 20.8 Å². The van der Waals surface area contributed by atoms with E-state index in [9.17, 15) is 4.79 Å². The molecule has 0 fully saturated rings. The summed E-state index contributed by atoms with van der Waals surface area (Å²) >= 11 is 7.91. The molecule has 3 nitrogen and oxygen atoms in total. The third-order valence-corrected chi connectivity index (χ3v) is 3.05. The first kappa shape index (κ1) is 15.6. The second-order valence-electron chi connectivity index (χ2n) is 4.54. The fourth-order valence-corrected chi connectivity index (χ4v) is 1.63. The Kier molecular flexibility index (Phi) is 5.76. The number of hydrogen-bond acceptors (Lipinski definition) is 3. The SMILES string of the molecule is CC(C)(C)C(=O)Nc1nc(Cl)ccc1C#CSI. The summed E-state index contributed by atoms with van der Waals surface area (Å²) in [7, 11) is 1.37. The van der Waals surface area contributed by atoms with Gasteiger partial charge in [0, 0.05) is 26.6 Å². The van der Waals surface area contributed by atoms with Gasteiger partial charge in [-0.05, 0) is 26.3 Å². The molecule has 1 heterocycles. The molecule has 1 rings (SSSR count). The second-order valence-corrected chi connectivity index (χ2v) is 6.61. The number of carbonyl (C=O) groups is 1. The molecule has 1 N–H and O–H groups in total. The molecule has 0 aromatic carbocycles. The number of carbonyl (C=O) groups excluding carboxylic acids is 1. The third kappa shape index (κ3) is 4.67. The van der Waals surface area contributed by atoms with Crippen molar-refractivity contribution in [2.75, 3.05) is 5.32 Å². The Morgan fingerprint density at radius 2 is 2.17 bits per heavy atom. The monoisotopic (exact) mass is 394 g/mol. The first-order valence-electron chi connectivity index (χ1n) is 5.11. The van der Waals surface area contributed by atoms with Gasteiger partial charge in [0.1, 0.15) is 11.0 Å². The first-order chi connectivity index (χ1) is 8.34. The molecule has 6 heteroatoms. The fraction of sp³-hybridized carbons (Fsp3) is 0.333. The molecule has 0 aliphatic rings. The predicted octanol–water partition coefficient (Wildman–Crippen LogP) is 4.11. The van der Waals surface area contributed by atoms with Gasteiger partial charge >= 0.3 is 0 Å². The normalized spacial score (nSPS) is 10.5. The number of amides is 1. The van der Waals surface area contributed by atoms with Crippen LogP contribution in [0.4, 0.5) is 5.82 Å². The largest absolute Gasteiger partial charge is 0.309 e. The standard InChI is InChI=1S/C12H12ClIN2OS/c1-12(2,3)11(17)16-10-8(6-7-18-14)4-5-9(13)15-10/h4-5H,1-3H3,(H,15,16,17). The molecule has 0 spiro atoms. The van der Waals surface area contributed by atoms with Gasteiger partial charge in [-0.2, -0.15) is 0 Å². The van der Waals surface area contributed by atoms with Crippen molar-refractivity contribution in [3.8, 4) is 11.2 Å². The molecular formula is C12H12ClIN2OS. The minimum Gasteiger partial charge on any atom is -0.309 e. The molecule has 0 bridgehead atoms. The Morgan fingerprint density at radius 3 is 2.72 bits per heavy atom. The Hall–Kier alpha value is -0.450. The van der Waals surface area contributed by atoms with Crippen molar-refractivity contribution >= 4 is 53.5 Å². The maximum absolute atomic E-state index is 11.9. The summed E-state index contributed by atoms with van der Waals surface area (Å²) in [6.07, 6.45) is 0. The van der Waals surface area contributed by atoms with Crippen molar-refractivity contribution in [2.24, 2.45) is 5.41 Å². The lowest BCUT2D eigenvalue weighted by Gasteiger charge is -2.17. The molecule has 0 aliphatic heterocycles. The highest BCUT2D eigenvalue weighted by molar-refractivity contribution is 14.2. The Morgan fingerprint density at radius 1 is 1.50 bits per heavy atom. The zero-order valence-corrected chi connectivity index (χ0v) is 13.9. The highest BCUT2D eigenvalue weighted by Gasteiger charge is 2.22. The summed E-state index contributed by atoms with van der Waals surface area (Å²) < 4.78 is 0. The number of hydrogen-bond donors (Lipinski definition) is 1. The summed E-state index contributed by atoms with van der Waals surface area (Å²) in [6, 6.07) is 3.39. The Balaban J connectivity index is 3.07. The predicted molar refractivity (Wildman–Crippen MR) is 85.8 cm³/mol. The highest BCUT2D eigenvalue weighted by Crippen LogP contribution is 2.21. The van der Waals surface area contributed by atoms with Crippen molar-refractivity contribution in [1.82, 2.24) is 4.98 Å². The lowest BCUT2D eigenvalue weighted by Crippen LogP contribution is -2.28. The lowest BCUT2D eigenvalue weighted by molar-refractivity contribution is -0.123. The maximum atomic E-state index is 11.9. The molecule has 0 aliphatic carbocycles. The molecule has 0 saturated heterocycles. The number of rotatable bonds is 1. The van der Waals surface area contributed by atoms with Crippen molar-refractivity contribution < 1.29 is 4.79 Å². The molecular weight excluding hydrogens is 383 g/mol. The van der Waals surface area contributed by atoms with Gasteiger partial charge in [0.25, 0.3) is 0 Å². The van der Waals surface area contributed by atoms with Crippen LogP contribution < -0.4 is 5.32 Å². The molecule has 0 unspecified atom stereocenters. The van der Waals surface area contributed by atoms with Crippen LogP contribution in [0.2, 0.25) is 5.15 Å². The molecule has 18 heavy (non-hydrogen) atoms. The summed E-state index contributed by atoms with van der Waals surface area (Å²) in [6.45, 7) is 5.50. The van der Waals surface area contributed by atoms with Crippen LogP contribution in [0, 0.1) is 16.6 Å². The number of nitrogens with one attached hydrogen (secondary N) is 1. The Bertz CT molecular complexity index is 517. The quantitative estimate of drug-likeness (QED) is 0.443. The van der Waals surface area contributed by atoms with E-state index >= 15 is 0 Å². The van der Waals surface area contributed by atoms with Crippen LogP contribution in [0.25, 0.3) is 0 Å². The van der Waals surface area contributed by atoms with Crippen molar-refractivity contribution in [3.63, 3.8) is 0 Å². The average Bonchev–Trinajstić information content (AvgIpc) is 2.26. The Labute approximate surface area is 128 Å². The zero-order chi connectivity index (χ0) is 13.8. The number of anilines is 1. The van der Waals surface area contributed by atoms with Crippen LogP contribution in [0.5, 0.6) is 0 Å². The van der Waals surface area contributed by atoms with Gasteiger partial charge in [-0.15, -0.1) is 0 Å². The van der Waals surface area contributed by atoms with Crippen LogP contribution in [0.1, 0.15) is 26.3 Å². The van der Waals surface area contributed by atoms with Gasteiger partial charge in [0.15, 0.2) is 0 Å². The fourth-order valence-electron chi connectivity index (χ4n) is 1.00. The number of pyridine rings is 1. The van der Waals surface area contributed by atoms with Gasteiger partial charge in [-0.1, -0.05) is 38.3 Å². The van der Waals surface area contributed by atoms with E-state index < -0.39 is 5.41 Å². The minimum absolute atomic E-state index is 0.123. The zero-order valence-electron chi connectivity index (χ0n) is 10.2. The smallest absolute Gasteiger partial charge is 0.230 e. The number of aromatic nitrogens is 1. The van der Waals surface area contributed by atoms with Gasteiger partial charge < -0.3 is 5.32 Å². The second kappa shape index (κ2) is 6.64.